The maximum absolute atomic E-state index is 13.3. The number of ether oxygens (including phenoxy) is 1. The van der Waals surface area contributed by atoms with Crippen LogP contribution in [0, 0.1) is 0 Å². The maximum atomic E-state index is 13.3. The van der Waals surface area contributed by atoms with Gasteiger partial charge in [-0.2, -0.15) is 0 Å². The van der Waals surface area contributed by atoms with Gasteiger partial charge < -0.3 is 15.0 Å². The topological polar surface area (TPSA) is 127 Å². The van der Waals surface area contributed by atoms with Gasteiger partial charge in [0, 0.05) is 29.0 Å². The van der Waals surface area contributed by atoms with Crippen LogP contribution >= 0.6 is 0 Å². The normalized spacial score (nSPS) is 18.3. The molecular weight excluding hydrogens is 470 g/mol. The molecule has 6 rings (SSSR count). The van der Waals surface area contributed by atoms with Crippen molar-refractivity contribution in [3.8, 4) is 0 Å². The number of hydrogen-bond donors (Lipinski definition) is 3. The van der Waals surface area contributed by atoms with Crippen molar-refractivity contribution in [1.29, 1.82) is 0 Å². The minimum atomic E-state index is -0.767. The Morgan fingerprint density at radius 3 is 2.92 bits per heavy atom. The first kappa shape index (κ1) is 23.0. The predicted molar refractivity (Wildman–Crippen MR) is 137 cm³/mol. The van der Waals surface area contributed by atoms with Gasteiger partial charge in [0.2, 0.25) is 5.91 Å². The highest BCUT2D eigenvalue weighted by molar-refractivity contribution is 5.82. The number of benzene rings is 1. The van der Waals surface area contributed by atoms with E-state index in [2.05, 4.69) is 30.6 Å². The Hall–Kier alpha value is -4.41. The van der Waals surface area contributed by atoms with Gasteiger partial charge in [-0.25, -0.2) is 9.97 Å². The molecule has 0 spiro atoms. The summed E-state index contributed by atoms with van der Waals surface area (Å²) in [5.74, 6) is -0.298. The first-order valence-corrected chi connectivity index (χ1v) is 12.1. The van der Waals surface area contributed by atoms with Crippen molar-refractivity contribution < 1.29 is 9.53 Å². The van der Waals surface area contributed by atoms with Crippen molar-refractivity contribution >= 4 is 27.8 Å². The number of carbonyl (C=O) groups is 1. The lowest BCUT2D eigenvalue weighted by Crippen LogP contribution is -2.36. The van der Waals surface area contributed by atoms with Gasteiger partial charge >= 0.3 is 0 Å². The van der Waals surface area contributed by atoms with Crippen LogP contribution < -0.4 is 16.2 Å². The molecular formula is C27H25N7O3. The highest BCUT2D eigenvalue weighted by Crippen LogP contribution is 2.28. The summed E-state index contributed by atoms with van der Waals surface area (Å²) in [6, 6.07) is 16.4. The smallest absolute Gasteiger partial charge is 0.280 e. The van der Waals surface area contributed by atoms with Crippen LogP contribution in [0.15, 0.2) is 78.1 Å². The Labute approximate surface area is 211 Å². The summed E-state index contributed by atoms with van der Waals surface area (Å²) < 4.78 is 7.23. The number of pyridine rings is 2. The molecule has 5 aromatic rings. The first-order chi connectivity index (χ1) is 18.1. The lowest BCUT2D eigenvalue weighted by atomic mass is 10.1. The second-order valence-corrected chi connectivity index (χ2v) is 9.06. The van der Waals surface area contributed by atoms with E-state index in [9.17, 15) is 9.59 Å². The second-order valence-electron chi connectivity index (χ2n) is 9.06. The monoisotopic (exact) mass is 495 g/mol. The number of rotatable bonds is 6. The van der Waals surface area contributed by atoms with Crippen molar-refractivity contribution in [2.75, 3.05) is 6.61 Å². The lowest BCUT2D eigenvalue weighted by Gasteiger charge is -2.16. The van der Waals surface area contributed by atoms with Gasteiger partial charge in [-0.05, 0) is 36.8 Å². The summed E-state index contributed by atoms with van der Waals surface area (Å²) in [6.45, 7) is 2.39. The van der Waals surface area contributed by atoms with Crippen molar-refractivity contribution in [1.82, 2.24) is 35.1 Å². The van der Waals surface area contributed by atoms with Gasteiger partial charge in [-0.1, -0.05) is 30.3 Å². The maximum Gasteiger partial charge on any atom is 0.280 e. The van der Waals surface area contributed by atoms with Crippen molar-refractivity contribution in [2.24, 2.45) is 0 Å². The molecule has 10 heteroatoms. The standard InChI is InChI=1S/C27H25N7O3/c1-16(25(35)29-13-19-11-18-12-28-10-9-20(18)31-19)34-15-30-22-8-7-21(32-24(22)27(34)36)23-14-37-26(33-23)17-5-3-2-4-6-17/h2-12,15-16,23,26,31,33H,13-14H2,1H3,(H,29,35). The van der Waals surface area contributed by atoms with E-state index in [1.807, 2.05) is 48.5 Å². The fraction of sp³-hybridized carbons (Fsp3) is 0.222. The molecule has 1 aliphatic heterocycles. The molecule has 5 heterocycles. The Bertz CT molecular complexity index is 1610. The largest absolute Gasteiger partial charge is 0.357 e. The van der Waals surface area contributed by atoms with Crippen molar-refractivity contribution in [3.63, 3.8) is 0 Å². The van der Waals surface area contributed by atoms with E-state index < -0.39 is 6.04 Å². The van der Waals surface area contributed by atoms with Crippen LogP contribution in [0.25, 0.3) is 21.9 Å². The summed E-state index contributed by atoms with van der Waals surface area (Å²) in [4.78, 5) is 42.6. The summed E-state index contributed by atoms with van der Waals surface area (Å²) in [5, 5.41) is 7.27. The molecule has 0 aliphatic carbocycles. The van der Waals surface area contributed by atoms with Gasteiger partial charge in [-0.3, -0.25) is 24.5 Å². The Morgan fingerprint density at radius 1 is 1.22 bits per heavy atom. The third-order valence-electron chi connectivity index (χ3n) is 6.62. The molecule has 4 aromatic heterocycles. The van der Waals surface area contributed by atoms with Crippen LogP contribution in [-0.2, 0) is 16.1 Å². The molecule has 10 nitrogen and oxygen atoms in total. The molecule has 3 unspecified atom stereocenters. The Balaban J connectivity index is 1.19. The third kappa shape index (κ3) is 4.48. The van der Waals surface area contributed by atoms with E-state index in [0.29, 0.717) is 24.4 Å². The van der Waals surface area contributed by atoms with E-state index in [1.54, 1.807) is 25.4 Å². The Kier molecular flexibility index (Phi) is 5.95. The van der Waals surface area contributed by atoms with Gasteiger partial charge in [0.15, 0.2) is 5.52 Å². The fourth-order valence-corrected chi connectivity index (χ4v) is 4.54. The van der Waals surface area contributed by atoms with Crippen molar-refractivity contribution in [2.45, 2.75) is 31.8 Å². The van der Waals surface area contributed by atoms with Crippen LogP contribution in [0.4, 0.5) is 0 Å². The van der Waals surface area contributed by atoms with Gasteiger partial charge in [0.05, 0.1) is 36.7 Å². The fourth-order valence-electron chi connectivity index (χ4n) is 4.54. The number of fused-ring (bicyclic) bond motifs is 2. The zero-order valence-electron chi connectivity index (χ0n) is 20.1. The Morgan fingerprint density at radius 2 is 2.08 bits per heavy atom. The van der Waals surface area contributed by atoms with Gasteiger partial charge in [-0.15, -0.1) is 0 Å². The third-order valence-corrected chi connectivity index (χ3v) is 6.62. The highest BCUT2D eigenvalue weighted by atomic mass is 16.5. The average molecular weight is 496 g/mol. The molecule has 0 saturated carbocycles. The minimum Gasteiger partial charge on any atom is -0.357 e. The zero-order valence-corrected chi connectivity index (χ0v) is 20.1. The lowest BCUT2D eigenvalue weighted by molar-refractivity contribution is -0.124. The minimum absolute atomic E-state index is 0.171. The first-order valence-electron chi connectivity index (χ1n) is 12.1. The van der Waals surface area contributed by atoms with Crippen LogP contribution in [0.1, 0.15) is 42.2 Å². The predicted octanol–water partition coefficient (Wildman–Crippen LogP) is 2.90. The average Bonchev–Trinajstić information content (AvgIpc) is 3.59. The van der Waals surface area contributed by atoms with Gasteiger partial charge in [0.1, 0.15) is 12.3 Å². The van der Waals surface area contributed by atoms with E-state index in [1.165, 1.54) is 10.9 Å². The second kappa shape index (κ2) is 9.57. The summed E-state index contributed by atoms with van der Waals surface area (Å²) in [5.41, 5.74) is 3.83. The summed E-state index contributed by atoms with van der Waals surface area (Å²) >= 11 is 0. The van der Waals surface area contributed by atoms with Crippen LogP contribution in [0.3, 0.4) is 0 Å². The number of carbonyl (C=O) groups excluding carboxylic acids is 1. The molecule has 37 heavy (non-hydrogen) atoms. The molecule has 1 amide bonds. The van der Waals surface area contributed by atoms with Crippen LogP contribution in [0.2, 0.25) is 0 Å². The highest BCUT2D eigenvalue weighted by Gasteiger charge is 2.28. The number of aromatic nitrogens is 5. The summed E-state index contributed by atoms with van der Waals surface area (Å²) in [6.07, 6.45) is 4.62. The molecule has 1 aromatic carbocycles. The molecule has 0 radical (unpaired) electrons. The number of nitrogens with one attached hydrogen (secondary N) is 3. The number of amides is 1. The molecule has 1 saturated heterocycles. The van der Waals surface area contributed by atoms with E-state index in [4.69, 9.17) is 4.74 Å². The molecule has 3 N–H and O–H groups in total. The van der Waals surface area contributed by atoms with Gasteiger partial charge in [0.25, 0.3) is 5.56 Å². The zero-order chi connectivity index (χ0) is 25.4. The summed E-state index contributed by atoms with van der Waals surface area (Å²) in [7, 11) is 0. The number of hydrogen-bond acceptors (Lipinski definition) is 7. The molecule has 3 atom stereocenters. The van der Waals surface area contributed by atoms with Crippen LogP contribution in [0.5, 0.6) is 0 Å². The number of H-pyrrole nitrogens is 1. The molecule has 1 fully saturated rings. The van der Waals surface area contributed by atoms with Crippen LogP contribution in [-0.4, -0.2) is 37.0 Å². The molecule has 186 valence electrons. The quantitative estimate of drug-likeness (QED) is 0.331. The molecule has 1 aliphatic rings. The SMILES string of the molecule is CC(C(=O)NCc1cc2cnccc2[nH]1)n1cnc2ccc(C3COC(c4ccccc4)N3)nc2c1=O. The van der Waals surface area contributed by atoms with E-state index >= 15 is 0 Å². The van der Waals surface area contributed by atoms with E-state index in [-0.39, 0.29) is 29.3 Å². The van der Waals surface area contributed by atoms with Crippen molar-refractivity contribution in [3.05, 3.63) is 101 Å². The molecule has 0 bridgehead atoms. The van der Waals surface area contributed by atoms with E-state index in [0.717, 1.165) is 22.2 Å². The number of nitrogens with zero attached hydrogens (tertiary/aromatic N) is 4. The number of aromatic amines is 1.